The van der Waals surface area contributed by atoms with Crippen molar-refractivity contribution in [1.82, 2.24) is 0 Å². The highest BCUT2D eigenvalue weighted by Crippen LogP contribution is 2.57. The molecule has 0 bridgehead atoms. The predicted octanol–water partition coefficient (Wildman–Crippen LogP) is 6.84. The molecule has 0 radical (unpaired) electrons. The summed E-state index contributed by atoms with van der Waals surface area (Å²) in [6.45, 7) is 11.4. The lowest BCUT2D eigenvalue weighted by atomic mass is 9.66. The van der Waals surface area contributed by atoms with Gasteiger partial charge in [0.15, 0.2) is 0 Å². The topological polar surface area (TPSA) is 43.5 Å². The van der Waals surface area contributed by atoms with Crippen LogP contribution in [0.25, 0.3) is 11.1 Å². The van der Waals surface area contributed by atoms with E-state index in [1.807, 2.05) is 0 Å². The molecule has 198 valence electrons. The van der Waals surface area contributed by atoms with Crippen LogP contribution >= 0.6 is 0 Å². The average Bonchev–Trinajstić information content (AvgIpc) is 3.86. The number of rotatable bonds is 8. The fourth-order valence-corrected chi connectivity index (χ4v) is 6.49. The van der Waals surface area contributed by atoms with E-state index in [0.717, 1.165) is 47.0 Å². The molecule has 7 rings (SSSR count). The van der Waals surface area contributed by atoms with Gasteiger partial charge < -0.3 is 18.9 Å². The maximum absolute atomic E-state index is 6.24. The standard InChI is InChI=1S/C35H34O4/c1-21-13-25(14-22(2)33(21)38-19-27-17-36-27)35(26-15-23(3)34(24(4)16-26)39-20-28-18-37-28)31-11-7-5-9-29(31)30-10-6-8-12-32(30)35/h5-16,27-28H,17-20H2,1-4H3. The summed E-state index contributed by atoms with van der Waals surface area (Å²) in [6, 6.07) is 27.1. The van der Waals surface area contributed by atoms with Crippen molar-refractivity contribution in [1.29, 1.82) is 0 Å². The van der Waals surface area contributed by atoms with Crippen LogP contribution in [-0.4, -0.2) is 38.6 Å². The van der Waals surface area contributed by atoms with Crippen molar-refractivity contribution in [2.24, 2.45) is 0 Å². The van der Waals surface area contributed by atoms with Crippen molar-refractivity contribution in [2.45, 2.75) is 45.3 Å². The van der Waals surface area contributed by atoms with E-state index < -0.39 is 5.41 Å². The van der Waals surface area contributed by atoms with Gasteiger partial charge in [0.1, 0.15) is 36.9 Å². The van der Waals surface area contributed by atoms with Gasteiger partial charge in [-0.25, -0.2) is 0 Å². The Balaban J connectivity index is 1.45. The molecule has 39 heavy (non-hydrogen) atoms. The zero-order valence-electron chi connectivity index (χ0n) is 23.0. The van der Waals surface area contributed by atoms with Crippen LogP contribution in [0.2, 0.25) is 0 Å². The van der Waals surface area contributed by atoms with E-state index in [1.165, 1.54) is 33.4 Å². The van der Waals surface area contributed by atoms with Crippen LogP contribution in [0.3, 0.4) is 0 Å². The number of fused-ring (bicyclic) bond motifs is 3. The molecule has 2 aliphatic heterocycles. The Hall–Kier alpha value is -3.60. The van der Waals surface area contributed by atoms with Gasteiger partial charge in [0.05, 0.1) is 18.6 Å². The first-order valence-corrected chi connectivity index (χ1v) is 13.9. The van der Waals surface area contributed by atoms with Gasteiger partial charge in [-0.2, -0.15) is 0 Å². The summed E-state index contributed by atoms with van der Waals surface area (Å²) in [5, 5.41) is 0. The van der Waals surface area contributed by atoms with Crippen molar-refractivity contribution in [2.75, 3.05) is 26.4 Å². The third-order valence-electron chi connectivity index (χ3n) is 8.37. The third-order valence-corrected chi connectivity index (χ3v) is 8.37. The fourth-order valence-electron chi connectivity index (χ4n) is 6.49. The first kappa shape index (κ1) is 24.4. The monoisotopic (exact) mass is 518 g/mol. The zero-order chi connectivity index (χ0) is 26.7. The first-order valence-electron chi connectivity index (χ1n) is 13.9. The van der Waals surface area contributed by atoms with E-state index in [2.05, 4.69) is 100 Å². The zero-order valence-corrected chi connectivity index (χ0v) is 23.0. The molecule has 1 aliphatic carbocycles. The first-order chi connectivity index (χ1) is 19.0. The molecule has 2 atom stereocenters. The Morgan fingerprint density at radius 1 is 0.615 bits per heavy atom. The van der Waals surface area contributed by atoms with Crippen LogP contribution in [0.1, 0.15) is 44.5 Å². The lowest BCUT2D eigenvalue weighted by molar-refractivity contribution is 0.260. The lowest BCUT2D eigenvalue weighted by Crippen LogP contribution is -2.29. The summed E-state index contributed by atoms with van der Waals surface area (Å²) in [4.78, 5) is 0. The maximum atomic E-state index is 6.24. The van der Waals surface area contributed by atoms with Crippen molar-refractivity contribution in [3.63, 3.8) is 0 Å². The molecule has 2 unspecified atom stereocenters. The van der Waals surface area contributed by atoms with E-state index in [-0.39, 0.29) is 12.2 Å². The van der Waals surface area contributed by atoms with Gasteiger partial charge in [-0.1, -0.05) is 72.8 Å². The van der Waals surface area contributed by atoms with Gasteiger partial charge in [0.2, 0.25) is 0 Å². The van der Waals surface area contributed by atoms with Gasteiger partial charge in [-0.3, -0.25) is 0 Å². The van der Waals surface area contributed by atoms with Gasteiger partial charge >= 0.3 is 0 Å². The highest BCUT2D eigenvalue weighted by molar-refractivity contribution is 5.86. The van der Waals surface area contributed by atoms with E-state index in [1.54, 1.807) is 0 Å². The minimum absolute atomic E-state index is 0.224. The van der Waals surface area contributed by atoms with Crippen molar-refractivity contribution < 1.29 is 18.9 Å². The molecule has 0 amide bonds. The predicted molar refractivity (Wildman–Crippen MR) is 153 cm³/mol. The summed E-state index contributed by atoms with van der Waals surface area (Å²) >= 11 is 0. The van der Waals surface area contributed by atoms with Gasteiger partial charge in [0.25, 0.3) is 0 Å². The van der Waals surface area contributed by atoms with E-state index >= 15 is 0 Å². The lowest BCUT2D eigenvalue weighted by Gasteiger charge is -2.35. The van der Waals surface area contributed by atoms with Crippen LogP contribution in [0.15, 0.2) is 72.8 Å². The quantitative estimate of drug-likeness (QED) is 0.211. The number of benzene rings is 4. The molecule has 4 aromatic carbocycles. The molecule has 2 saturated heterocycles. The molecule has 0 aromatic heterocycles. The summed E-state index contributed by atoms with van der Waals surface area (Å²) in [5.41, 5.74) is 11.8. The van der Waals surface area contributed by atoms with Crippen molar-refractivity contribution >= 4 is 0 Å². The smallest absolute Gasteiger partial charge is 0.125 e. The Labute approximate surface area is 230 Å². The second kappa shape index (κ2) is 9.25. The Kier molecular flexibility index (Phi) is 5.80. The Morgan fingerprint density at radius 3 is 1.33 bits per heavy atom. The number of ether oxygens (including phenoxy) is 4. The van der Waals surface area contributed by atoms with E-state index in [4.69, 9.17) is 18.9 Å². The normalized spacial score (nSPS) is 19.8. The fraction of sp³-hybridized carbons (Fsp3) is 0.314. The highest BCUT2D eigenvalue weighted by atomic mass is 16.6. The highest BCUT2D eigenvalue weighted by Gasteiger charge is 2.46. The summed E-state index contributed by atoms with van der Waals surface area (Å²) in [6.07, 6.45) is 0.447. The SMILES string of the molecule is Cc1cc(C2(c3cc(C)c(OCC4CO4)c(C)c3)c3ccccc3-c3ccccc32)cc(C)c1OCC1CO1. The van der Waals surface area contributed by atoms with Gasteiger partial charge in [-0.15, -0.1) is 0 Å². The average molecular weight is 519 g/mol. The van der Waals surface area contributed by atoms with Crippen molar-refractivity contribution in [3.8, 4) is 22.6 Å². The van der Waals surface area contributed by atoms with Crippen LogP contribution in [0, 0.1) is 27.7 Å². The van der Waals surface area contributed by atoms with Crippen LogP contribution < -0.4 is 9.47 Å². The van der Waals surface area contributed by atoms with E-state index in [0.29, 0.717) is 13.2 Å². The number of hydrogen-bond acceptors (Lipinski definition) is 4. The maximum Gasteiger partial charge on any atom is 0.125 e. The van der Waals surface area contributed by atoms with E-state index in [9.17, 15) is 0 Å². The third kappa shape index (κ3) is 4.05. The molecule has 2 fully saturated rings. The molecule has 0 saturated carbocycles. The number of hydrogen-bond donors (Lipinski definition) is 0. The molecular formula is C35H34O4. The second-order valence-electron chi connectivity index (χ2n) is 11.3. The van der Waals surface area contributed by atoms with Crippen LogP contribution in [-0.2, 0) is 14.9 Å². The minimum Gasteiger partial charge on any atom is -0.490 e. The van der Waals surface area contributed by atoms with Gasteiger partial charge in [-0.05, 0) is 83.3 Å². The Bertz CT molecular complexity index is 1410. The number of epoxide rings is 2. The number of aryl methyl sites for hydroxylation is 4. The summed E-state index contributed by atoms with van der Waals surface area (Å²) < 4.78 is 23.3. The summed E-state index contributed by atoms with van der Waals surface area (Å²) in [7, 11) is 0. The van der Waals surface area contributed by atoms with Crippen LogP contribution in [0.5, 0.6) is 11.5 Å². The van der Waals surface area contributed by atoms with Gasteiger partial charge in [0, 0.05) is 0 Å². The summed E-state index contributed by atoms with van der Waals surface area (Å²) in [5.74, 6) is 1.92. The molecule has 0 N–H and O–H groups in total. The molecule has 4 nitrogen and oxygen atoms in total. The Morgan fingerprint density at radius 2 is 0.974 bits per heavy atom. The molecule has 4 aromatic rings. The molecule has 4 heteroatoms. The van der Waals surface area contributed by atoms with Crippen molar-refractivity contribution in [3.05, 3.63) is 117 Å². The largest absolute Gasteiger partial charge is 0.490 e. The molecule has 2 heterocycles. The molecular weight excluding hydrogens is 484 g/mol. The van der Waals surface area contributed by atoms with Crippen LogP contribution in [0.4, 0.5) is 0 Å². The minimum atomic E-state index is -0.464. The molecule has 0 spiro atoms. The second-order valence-corrected chi connectivity index (χ2v) is 11.3. The molecule has 3 aliphatic rings.